The van der Waals surface area contributed by atoms with Crippen LogP contribution in [0.1, 0.15) is 37.5 Å². The molecule has 0 radical (unpaired) electrons. The molecule has 0 aromatic heterocycles. The lowest BCUT2D eigenvalue weighted by atomic mass is 9.61. The summed E-state index contributed by atoms with van der Waals surface area (Å²) in [6.45, 7) is -3.01. The largest absolute Gasteiger partial charge is 0.396 e. The molecule has 0 spiro atoms. The molecule has 218 valence electrons. The SMILES string of the molecule is O=C(c1ccc([N+](=O)[O-])cc1)C(CC(CO)(CO)CO)(C(=O)c1ccc([N+](=O)[O-])cc1)C(=O)c1ccc([N+](=O)[O-])cc1. The normalized spacial score (nSPS) is 11.5. The first-order chi connectivity index (χ1) is 19.9. The Morgan fingerprint density at radius 2 is 0.762 bits per heavy atom. The molecule has 0 aliphatic heterocycles. The number of aliphatic hydroxyl groups is 3. The number of Topliss-reactive ketones (excluding diaryl/α,β-unsaturated/α-hetero) is 3. The predicted molar refractivity (Wildman–Crippen MR) is 143 cm³/mol. The standard InChI is InChI=1S/C27H23N3O12/c31-14-26(15-32,16-33)13-27(23(34)17-1-7-20(8-2-17)28(37)38,24(35)18-3-9-21(10-4-18)29(39)40)25(36)19-5-11-22(12-6-19)30(41)42/h1-12,31-33H,13-16H2. The number of carbonyl (C=O) groups excluding carboxylic acids is 3. The van der Waals surface area contributed by atoms with Gasteiger partial charge in [-0.25, -0.2) is 0 Å². The van der Waals surface area contributed by atoms with Crippen molar-refractivity contribution < 1.29 is 44.5 Å². The van der Waals surface area contributed by atoms with Gasteiger partial charge in [0.25, 0.3) is 17.1 Å². The van der Waals surface area contributed by atoms with Gasteiger partial charge in [-0.3, -0.25) is 44.7 Å². The number of carbonyl (C=O) groups is 3. The number of nitro benzene ring substituents is 3. The zero-order chi connectivity index (χ0) is 31.2. The van der Waals surface area contributed by atoms with Gasteiger partial charge >= 0.3 is 0 Å². The van der Waals surface area contributed by atoms with Crippen LogP contribution >= 0.6 is 0 Å². The zero-order valence-electron chi connectivity index (χ0n) is 21.6. The molecular weight excluding hydrogens is 558 g/mol. The molecule has 15 nitrogen and oxygen atoms in total. The highest BCUT2D eigenvalue weighted by Gasteiger charge is 2.57. The highest BCUT2D eigenvalue weighted by Crippen LogP contribution is 2.43. The van der Waals surface area contributed by atoms with Crippen molar-refractivity contribution in [2.45, 2.75) is 6.42 Å². The van der Waals surface area contributed by atoms with E-state index in [9.17, 15) is 60.0 Å². The predicted octanol–water partition coefficient (Wildman–Crippen LogP) is 2.70. The number of aliphatic hydroxyl groups excluding tert-OH is 3. The third-order valence-corrected chi connectivity index (χ3v) is 6.83. The molecule has 15 heteroatoms. The number of benzene rings is 3. The van der Waals surface area contributed by atoms with E-state index in [2.05, 4.69) is 0 Å². The van der Waals surface area contributed by atoms with Crippen molar-refractivity contribution >= 4 is 34.4 Å². The molecule has 0 aliphatic carbocycles. The summed E-state index contributed by atoms with van der Waals surface area (Å²) in [6, 6.07) is 11.6. The van der Waals surface area contributed by atoms with Crippen molar-refractivity contribution in [3.63, 3.8) is 0 Å². The first-order valence-electron chi connectivity index (χ1n) is 12.1. The maximum atomic E-state index is 14.3. The van der Waals surface area contributed by atoms with Gasteiger partial charge in [0.1, 0.15) is 0 Å². The molecular formula is C27H23N3O12. The number of non-ortho nitro benzene ring substituents is 3. The Bertz CT molecular complexity index is 1350. The van der Waals surface area contributed by atoms with Gasteiger partial charge in [0.15, 0.2) is 22.8 Å². The van der Waals surface area contributed by atoms with Crippen LogP contribution in [0.4, 0.5) is 17.1 Å². The van der Waals surface area contributed by atoms with Gasteiger partial charge in [0.2, 0.25) is 0 Å². The van der Waals surface area contributed by atoms with Gasteiger partial charge in [-0.1, -0.05) is 0 Å². The van der Waals surface area contributed by atoms with E-state index in [0.717, 1.165) is 72.8 Å². The summed E-state index contributed by atoms with van der Waals surface area (Å²) in [4.78, 5) is 74.1. The van der Waals surface area contributed by atoms with Crippen molar-refractivity contribution in [3.8, 4) is 0 Å². The fourth-order valence-corrected chi connectivity index (χ4v) is 4.37. The zero-order valence-corrected chi connectivity index (χ0v) is 21.6. The Balaban J connectivity index is 2.37. The molecule has 0 saturated heterocycles. The van der Waals surface area contributed by atoms with E-state index in [1.807, 2.05) is 0 Å². The second-order valence-electron chi connectivity index (χ2n) is 9.46. The lowest BCUT2D eigenvalue weighted by Crippen LogP contribution is -2.52. The van der Waals surface area contributed by atoms with Gasteiger partial charge in [0.05, 0.1) is 34.6 Å². The molecule has 3 aromatic rings. The molecule has 3 N–H and O–H groups in total. The summed E-state index contributed by atoms with van der Waals surface area (Å²) in [5.41, 5.74) is -7.25. The second-order valence-corrected chi connectivity index (χ2v) is 9.46. The van der Waals surface area contributed by atoms with E-state index in [0.29, 0.717) is 0 Å². The van der Waals surface area contributed by atoms with Crippen LogP contribution < -0.4 is 0 Å². The summed E-state index contributed by atoms with van der Waals surface area (Å²) < 4.78 is 0. The van der Waals surface area contributed by atoms with Crippen LogP contribution in [0, 0.1) is 41.2 Å². The number of ketones is 3. The smallest absolute Gasteiger partial charge is 0.269 e. The summed E-state index contributed by atoms with van der Waals surface area (Å²) >= 11 is 0. The molecule has 3 aromatic carbocycles. The van der Waals surface area contributed by atoms with Crippen LogP contribution in [0.3, 0.4) is 0 Å². The maximum absolute atomic E-state index is 14.3. The summed E-state index contributed by atoms with van der Waals surface area (Å²) in [5, 5.41) is 63.8. The number of rotatable bonds is 14. The Hall–Kier alpha value is -5.25. The van der Waals surface area contributed by atoms with Gasteiger partial charge in [-0.05, 0) is 42.8 Å². The summed E-state index contributed by atoms with van der Waals surface area (Å²) in [5.74, 6) is -3.70. The molecule has 0 aliphatic rings. The minimum Gasteiger partial charge on any atom is -0.396 e. The van der Waals surface area contributed by atoms with Gasteiger partial charge in [-0.15, -0.1) is 0 Å². The molecule has 0 heterocycles. The first kappa shape index (κ1) is 31.3. The van der Waals surface area contributed by atoms with Crippen LogP contribution in [0.5, 0.6) is 0 Å². The Labute approximate surface area is 236 Å². The van der Waals surface area contributed by atoms with E-state index >= 15 is 0 Å². The Kier molecular flexibility index (Phi) is 9.32. The minimum absolute atomic E-state index is 0.367. The fraction of sp³-hybridized carbons (Fsp3) is 0.222. The molecule has 42 heavy (non-hydrogen) atoms. The Morgan fingerprint density at radius 3 is 0.952 bits per heavy atom. The van der Waals surface area contributed by atoms with E-state index in [4.69, 9.17) is 0 Å². The van der Waals surface area contributed by atoms with Crippen LogP contribution in [0.25, 0.3) is 0 Å². The van der Waals surface area contributed by atoms with Gasteiger partial charge in [0, 0.05) is 58.5 Å². The van der Waals surface area contributed by atoms with Crippen LogP contribution in [-0.2, 0) is 0 Å². The fourth-order valence-electron chi connectivity index (χ4n) is 4.37. The van der Waals surface area contributed by atoms with Crippen molar-refractivity contribution in [1.29, 1.82) is 0 Å². The lowest BCUT2D eigenvalue weighted by Gasteiger charge is -2.38. The molecule has 0 atom stereocenters. The van der Waals surface area contributed by atoms with E-state index in [1.54, 1.807) is 0 Å². The number of hydrogen-bond acceptors (Lipinski definition) is 12. The van der Waals surface area contributed by atoms with Gasteiger partial charge < -0.3 is 15.3 Å². The molecule has 0 bridgehead atoms. The Morgan fingerprint density at radius 1 is 0.524 bits per heavy atom. The molecule has 3 rings (SSSR count). The monoisotopic (exact) mass is 581 g/mol. The molecule has 0 unspecified atom stereocenters. The van der Waals surface area contributed by atoms with E-state index in [-0.39, 0.29) is 16.7 Å². The third kappa shape index (κ3) is 5.92. The summed E-state index contributed by atoms with van der Waals surface area (Å²) in [6.07, 6.45) is -0.981. The van der Waals surface area contributed by atoms with Crippen molar-refractivity contribution in [2.75, 3.05) is 19.8 Å². The van der Waals surface area contributed by atoms with Crippen LogP contribution in [-0.4, -0.2) is 67.3 Å². The van der Waals surface area contributed by atoms with Crippen molar-refractivity contribution in [3.05, 3.63) is 120 Å². The lowest BCUT2D eigenvalue weighted by molar-refractivity contribution is -0.385. The highest BCUT2D eigenvalue weighted by atomic mass is 16.6. The first-order valence-corrected chi connectivity index (χ1v) is 12.1. The average molecular weight is 581 g/mol. The van der Waals surface area contributed by atoms with Crippen molar-refractivity contribution in [1.82, 2.24) is 0 Å². The van der Waals surface area contributed by atoms with Crippen LogP contribution in [0.15, 0.2) is 72.8 Å². The highest BCUT2D eigenvalue weighted by molar-refractivity contribution is 6.35. The molecule has 0 fully saturated rings. The minimum atomic E-state index is -2.88. The number of hydrogen-bond donors (Lipinski definition) is 3. The number of nitro groups is 3. The average Bonchev–Trinajstić information content (AvgIpc) is 3.01. The van der Waals surface area contributed by atoms with Crippen LogP contribution in [0.2, 0.25) is 0 Å². The van der Waals surface area contributed by atoms with E-state index in [1.165, 1.54) is 0 Å². The summed E-state index contributed by atoms with van der Waals surface area (Å²) in [7, 11) is 0. The third-order valence-electron chi connectivity index (χ3n) is 6.83. The number of nitrogens with zero attached hydrogens (tertiary/aromatic N) is 3. The van der Waals surface area contributed by atoms with Gasteiger partial charge in [-0.2, -0.15) is 0 Å². The molecule has 0 amide bonds. The quantitative estimate of drug-likeness (QED) is 0.108. The molecule has 0 saturated carbocycles. The second kappa shape index (κ2) is 12.5. The topological polar surface area (TPSA) is 241 Å². The van der Waals surface area contributed by atoms with Crippen molar-refractivity contribution in [2.24, 2.45) is 10.8 Å². The maximum Gasteiger partial charge on any atom is 0.269 e. The van der Waals surface area contributed by atoms with E-state index < -0.39 is 86.3 Å².